The summed E-state index contributed by atoms with van der Waals surface area (Å²) in [7, 11) is 0. The van der Waals surface area contributed by atoms with Gasteiger partial charge in [-0.15, -0.1) is 0 Å². The van der Waals surface area contributed by atoms with Gasteiger partial charge in [-0.3, -0.25) is 0 Å². The minimum atomic E-state index is -1.01. The van der Waals surface area contributed by atoms with Crippen LogP contribution in [0.4, 0.5) is 4.39 Å². The second-order valence-electron chi connectivity index (χ2n) is 3.76. The molecule has 1 aromatic rings. The Labute approximate surface area is 98.2 Å². The van der Waals surface area contributed by atoms with E-state index in [1.165, 1.54) is 6.33 Å². The Morgan fingerprint density at radius 1 is 1.56 bits per heavy atom. The lowest BCUT2D eigenvalue weighted by molar-refractivity contribution is 0.0686. The Morgan fingerprint density at radius 2 is 2.38 bits per heavy atom. The SMILES string of the molecule is Cc1c(Cl)ncnc1OC1CCNCC1F. The smallest absolute Gasteiger partial charge is 0.221 e. The standard InChI is InChI=1S/C10H13ClFN3O/c1-6-9(11)14-5-15-10(6)16-8-2-3-13-4-7(8)12/h5,7-8,13H,2-4H2,1H3. The molecule has 0 aliphatic carbocycles. The molecular weight excluding hydrogens is 233 g/mol. The molecule has 1 N–H and O–H groups in total. The first-order valence-corrected chi connectivity index (χ1v) is 5.55. The Morgan fingerprint density at radius 3 is 3.12 bits per heavy atom. The van der Waals surface area contributed by atoms with Crippen LogP contribution in [-0.4, -0.2) is 35.3 Å². The van der Waals surface area contributed by atoms with Crippen molar-refractivity contribution in [2.24, 2.45) is 0 Å². The molecule has 2 atom stereocenters. The number of nitrogens with zero attached hydrogens (tertiary/aromatic N) is 2. The van der Waals surface area contributed by atoms with E-state index in [2.05, 4.69) is 15.3 Å². The zero-order chi connectivity index (χ0) is 11.5. The van der Waals surface area contributed by atoms with Gasteiger partial charge in [-0.25, -0.2) is 14.4 Å². The van der Waals surface area contributed by atoms with E-state index >= 15 is 0 Å². The fraction of sp³-hybridized carbons (Fsp3) is 0.600. The van der Waals surface area contributed by atoms with Gasteiger partial charge in [0.2, 0.25) is 5.88 Å². The molecule has 2 rings (SSSR count). The Balaban J connectivity index is 2.10. The van der Waals surface area contributed by atoms with E-state index in [0.29, 0.717) is 29.6 Å². The highest BCUT2D eigenvalue weighted by Gasteiger charge is 2.27. The Hall–Kier alpha value is -0.940. The first-order chi connectivity index (χ1) is 7.68. The van der Waals surface area contributed by atoms with Crippen molar-refractivity contribution in [2.75, 3.05) is 13.1 Å². The summed E-state index contributed by atoms with van der Waals surface area (Å²) in [5.74, 6) is 0.370. The topological polar surface area (TPSA) is 47.0 Å². The molecule has 1 aliphatic heterocycles. The van der Waals surface area contributed by atoms with Gasteiger partial charge in [0.25, 0.3) is 0 Å². The lowest BCUT2D eigenvalue weighted by Gasteiger charge is -2.27. The third-order valence-electron chi connectivity index (χ3n) is 2.59. The summed E-state index contributed by atoms with van der Waals surface area (Å²) >= 11 is 5.83. The van der Waals surface area contributed by atoms with E-state index in [9.17, 15) is 4.39 Å². The molecular formula is C10H13ClFN3O. The number of aromatic nitrogens is 2. The van der Waals surface area contributed by atoms with Crippen LogP contribution in [0.1, 0.15) is 12.0 Å². The number of hydrogen-bond acceptors (Lipinski definition) is 4. The van der Waals surface area contributed by atoms with Crippen LogP contribution in [0.3, 0.4) is 0 Å². The van der Waals surface area contributed by atoms with Crippen molar-refractivity contribution >= 4 is 11.6 Å². The van der Waals surface area contributed by atoms with Gasteiger partial charge in [0, 0.05) is 12.1 Å². The molecule has 0 spiro atoms. The van der Waals surface area contributed by atoms with E-state index in [4.69, 9.17) is 16.3 Å². The van der Waals surface area contributed by atoms with Gasteiger partial charge in [0.15, 0.2) is 0 Å². The fourth-order valence-corrected chi connectivity index (χ4v) is 1.73. The van der Waals surface area contributed by atoms with Crippen LogP contribution in [-0.2, 0) is 0 Å². The quantitative estimate of drug-likeness (QED) is 0.803. The normalized spacial score (nSPS) is 25.4. The molecule has 0 aromatic carbocycles. The number of nitrogens with one attached hydrogen (secondary N) is 1. The average Bonchev–Trinajstić information content (AvgIpc) is 2.28. The van der Waals surface area contributed by atoms with Crippen molar-refractivity contribution in [1.29, 1.82) is 0 Å². The Kier molecular flexibility index (Phi) is 3.56. The predicted octanol–water partition coefficient (Wildman–Crippen LogP) is 1.52. The molecule has 4 nitrogen and oxygen atoms in total. The molecule has 6 heteroatoms. The van der Waals surface area contributed by atoms with Crippen LogP contribution >= 0.6 is 11.6 Å². The second-order valence-corrected chi connectivity index (χ2v) is 4.12. The second kappa shape index (κ2) is 4.93. The molecule has 2 unspecified atom stereocenters. The van der Waals surface area contributed by atoms with Gasteiger partial charge in [-0.05, 0) is 19.9 Å². The van der Waals surface area contributed by atoms with Gasteiger partial charge in [-0.1, -0.05) is 11.6 Å². The summed E-state index contributed by atoms with van der Waals surface area (Å²) in [6.07, 6.45) is 0.481. The van der Waals surface area contributed by atoms with Gasteiger partial charge in [0.05, 0.1) is 0 Å². The molecule has 16 heavy (non-hydrogen) atoms. The molecule has 88 valence electrons. The highest BCUT2D eigenvalue weighted by molar-refractivity contribution is 6.30. The maximum atomic E-state index is 13.5. The van der Waals surface area contributed by atoms with Crippen LogP contribution in [0, 0.1) is 6.92 Å². The molecule has 0 bridgehead atoms. The molecule has 1 saturated heterocycles. The van der Waals surface area contributed by atoms with Gasteiger partial charge in [0.1, 0.15) is 23.8 Å². The zero-order valence-corrected chi connectivity index (χ0v) is 9.67. The van der Waals surface area contributed by atoms with Gasteiger partial charge in [-0.2, -0.15) is 0 Å². The molecule has 0 saturated carbocycles. The van der Waals surface area contributed by atoms with Crippen LogP contribution in [0.5, 0.6) is 5.88 Å². The van der Waals surface area contributed by atoms with Crippen LogP contribution in [0.15, 0.2) is 6.33 Å². The summed E-state index contributed by atoms with van der Waals surface area (Å²) in [5.41, 5.74) is 0.648. The number of piperidine rings is 1. The van der Waals surface area contributed by atoms with E-state index in [-0.39, 0.29) is 0 Å². The zero-order valence-electron chi connectivity index (χ0n) is 8.91. The summed E-state index contributed by atoms with van der Waals surface area (Å²) in [5, 5.41) is 3.30. The summed E-state index contributed by atoms with van der Waals surface area (Å²) in [4.78, 5) is 7.78. The Bertz CT molecular complexity index is 377. The lowest BCUT2D eigenvalue weighted by Crippen LogP contribution is -2.44. The molecule has 1 aliphatic rings. The van der Waals surface area contributed by atoms with Crippen molar-refractivity contribution in [3.05, 3.63) is 17.0 Å². The summed E-state index contributed by atoms with van der Waals surface area (Å²) < 4.78 is 19.0. The fourth-order valence-electron chi connectivity index (χ4n) is 1.61. The monoisotopic (exact) mass is 245 g/mol. The highest BCUT2D eigenvalue weighted by Crippen LogP contribution is 2.23. The number of ether oxygens (including phenoxy) is 1. The predicted molar refractivity (Wildman–Crippen MR) is 58.6 cm³/mol. The number of alkyl halides is 1. The van der Waals surface area contributed by atoms with E-state index in [1.807, 2.05) is 0 Å². The maximum absolute atomic E-state index is 13.5. The third-order valence-corrected chi connectivity index (χ3v) is 2.97. The summed E-state index contributed by atoms with van der Waals surface area (Å²) in [6.45, 7) is 2.83. The van der Waals surface area contributed by atoms with E-state index in [0.717, 1.165) is 6.54 Å². The largest absolute Gasteiger partial charge is 0.471 e. The van der Waals surface area contributed by atoms with Crippen LogP contribution in [0.25, 0.3) is 0 Å². The first-order valence-electron chi connectivity index (χ1n) is 5.17. The van der Waals surface area contributed by atoms with Crippen molar-refractivity contribution in [2.45, 2.75) is 25.6 Å². The number of rotatable bonds is 2. The van der Waals surface area contributed by atoms with E-state index in [1.54, 1.807) is 6.92 Å². The maximum Gasteiger partial charge on any atom is 0.221 e. The molecule has 1 aromatic heterocycles. The molecule has 2 heterocycles. The van der Waals surface area contributed by atoms with Crippen molar-refractivity contribution < 1.29 is 9.13 Å². The van der Waals surface area contributed by atoms with Crippen molar-refractivity contribution in [3.63, 3.8) is 0 Å². The lowest BCUT2D eigenvalue weighted by atomic mass is 10.1. The number of halogens is 2. The number of hydrogen-bond donors (Lipinski definition) is 1. The van der Waals surface area contributed by atoms with Crippen molar-refractivity contribution in [3.8, 4) is 5.88 Å². The minimum absolute atomic E-state index is 0.322. The molecule has 1 fully saturated rings. The average molecular weight is 246 g/mol. The van der Waals surface area contributed by atoms with Gasteiger partial charge < -0.3 is 10.1 Å². The highest BCUT2D eigenvalue weighted by atomic mass is 35.5. The molecule has 0 radical (unpaired) electrons. The minimum Gasteiger partial charge on any atom is -0.471 e. The molecule has 0 amide bonds. The van der Waals surface area contributed by atoms with Crippen LogP contribution in [0.2, 0.25) is 5.15 Å². The first kappa shape index (κ1) is 11.5. The van der Waals surface area contributed by atoms with E-state index < -0.39 is 12.3 Å². The van der Waals surface area contributed by atoms with Crippen molar-refractivity contribution in [1.82, 2.24) is 15.3 Å². The summed E-state index contributed by atoms with van der Waals surface area (Å²) in [6, 6.07) is 0. The van der Waals surface area contributed by atoms with Crippen LogP contribution < -0.4 is 10.1 Å². The van der Waals surface area contributed by atoms with Gasteiger partial charge >= 0.3 is 0 Å². The third kappa shape index (κ3) is 2.41.